The molecule has 0 saturated heterocycles. The Balaban J connectivity index is 3.65. The number of nitrogens with zero attached hydrogens (tertiary/aromatic N) is 1. The smallest absolute Gasteiger partial charge is 0.209 e. The Morgan fingerprint density at radius 2 is 2.27 bits per heavy atom. The van der Waals surface area contributed by atoms with Gasteiger partial charge in [-0.05, 0) is 19.8 Å². The van der Waals surface area contributed by atoms with E-state index in [9.17, 15) is 4.79 Å². The molecule has 3 nitrogen and oxygen atoms in total. The number of aliphatic hydroxyl groups excluding tert-OH is 1. The quantitative estimate of drug-likeness (QED) is 0.577. The lowest BCUT2D eigenvalue weighted by Gasteiger charge is -2.23. The monoisotopic (exact) mass is 159 g/mol. The lowest BCUT2D eigenvalue weighted by Crippen LogP contribution is -2.32. The van der Waals surface area contributed by atoms with E-state index in [-0.39, 0.29) is 6.61 Å². The van der Waals surface area contributed by atoms with Crippen molar-refractivity contribution in [2.75, 3.05) is 13.2 Å². The molecule has 3 heteroatoms. The first kappa shape index (κ1) is 10.4. The highest BCUT2D eigenvalue weighted by Crippen LogP contribution is 2.00. The molecule has 0 saturated carbocycles. The molecule has 0 aromatic rings. The maximum atomic E-state index is 10.5. The van der Waals surface area contributed by atoms with E-state index in [4.69, 9.17) is 5.11 Å². The molecule has 0 heterocycles. The summed E-state index contributed by atoms with van der Waals surface area (Å²) in [5, 5.41) is 8.52. The van der Waals surface area contributed by atoms with Crippen molar-refractivity contribution in [1.82, 2.24) is 4.90 Å². The van der Waals surface area contributed by atoms with Gasteiger partial charge in [0.1, 0.15) is 0 Å². The minimum absolute atomic E-state index is 0.154. The Hall–Kier alpha value is -0.570. The van der Waals surface area contributed by atoms with E-state index in [1.165, 1.54) is 0 Å². The number of carbonyl (C=O) groups excluding carboxylic acids is 1. The molecule has 11 heavy (non-hydrogen) atoms. The van der Waals surface area contributed by atoms with E-state index >= 15 is 0 Å². The Bertz CT molecular complexity index is 106. The van der Waals surface area contributed by atoms with Gasteiger partial charge in [-0.1, -0.05) is 6.92 Å². The van der Waals surface area contributed by atoms with Gasteiger partial charge in [-0.3, -0.25) is 4.79 Å². The summed E-state index contributed by atoms with van der Waals surface area (Å²) in [6.45, 7) is 4.86. The summed E-state index contributed by atoms with van der Waals surface area (Å²) < 4.78 is 0. The van der Waals surface area contributed by atoms with Crippen molar-refractivity contribution in [3.8, 4) is 0 Å². The highest BCUT2D eigenvalue weighted by molar-refractivity contribution is 5.47. The van der Waals surface area contributed by atoms with E-state index in [1.54, 1.807) is 4.90 Å². The van der Waals surface area contributed by atoms with Crippen molar-refractivity contribution in [1.29, 1.82) is 0 Å². The van der Waals surface area contributed by atoms with E-state index < -0.39 is 0 Å². The van der Waals surface area contributed by atoms with Gasteiger partial charge in [-0.15, -0.1) is 0 Å². The number of rotatable bonds is 6. The molecule has 1 unspecified atom stereocenters. The van der Waals surface area contributed by atoms with Crippen LogP contribution in [0.15, 0.2) is 0 Å². The molecule has 0 aromatic carbocycles. The van der Waals surface area contributed by atoms with Crippen LogP contribution in [0, 0.1) is 0 Å². The molecule has 0 bridgehead atoms. The fourth-order valence-corrected chi connectivity index (χ4v) is 0.865. The van der Waals surface area contributed by atoms with E-state index in [0.717, 1.165) is 12.8 Å². The van der Waals surface area contributed by atoms with Crippen LogP contribution in [-0.2, 0) is 4.79 Å². The van der Waals surface area contributed by atoms with Crippen LogP contribution in [0.2, 0.25) is 0 Å². The van der Waals surface area contributed by atoms with Gasteiger partial charge in [0.05, 0.1) is 0 Å². The first-order chi connectivity index (χ1) is 5.26. The molecule has 0 rings (SSSR count). The molecule has 0 spiro atoms. The molecule has 0 aliphatic heterocycles. The number of hydrogen-bond acceptors (Lipinski definition) is 2. The molecule has 0 aliphatic carbocycles. The van der Waals surface area contributed by atoms with Crippen LogP contribution in [0.5, 0.6) is 0 Å². The topological polar surface area (TPSA) is 40.5 Å². The van der Waals surface area contributed by atoms with Crippen molar-refractivity contribution in [3.05, 3.63) is 0 Å². The maximum Gasteiger partial charge on any atom is 0.209 e. The number of hydrogen-bond donors (Lipinski definition) is 1. The zero-order chi connectivity index (χ0) is 8.69. The van der Waals surface area contributed by atoms with Crippen molar-refractivity contribution in [2.45, 2.75) is 32.7 Å². The number of aliphatic hydroxyl groups is 1. The molecule has 1 N–H and O–H groups in total. The summed E-state index contributed by atoms with van der Waals surface area (Å²) >= 11 is 0. The fourth-order valence-electron chi connectivity index (χ4n) is 0.865. The second kappa shape index (κ2) is 6.16. The number of carbonyl (C=O) groups is 1. The third kappa shape index (κ3) is 3.98. The molecule has 0 fully saturated rings. The molecule has 1 atom stereocenters. The summed E-state index contributed by atoms with van der Waals surface area (Å²) in [5.41, 5.74) is 0. The Labute approximate surface area is 68.0 Å². The molecule has 66 valence electrons. The minimum Gasteiger partial charge on any atom is -0.396 e. The molecular formula is C8H17NO2. The lowest BCUT2D eigenvalue weighted by molar-refractivity contribution is -0.120. The van der Waals surface area contributed by atoms with Crippen molar-refractivity contribution >= 4 is 6.41 Å². The third-order valence-electron chi connectivity index (χ3n) is 1.87. The second-order valence-electron chi connectivity index (χ2n) is 2.68. The van der Waals surface area contributed by atoms with Crippen LogP contribution in [0.3, 0.4) is 0 Å². The van der Waals surface area contributed by atoms with Gasteiger partial charge in [0.15, 0.2) is 0 Å². The molecule has 0 aromatic heterocycles. The van der Waals surface area contributed by atoms with Crippen molar-refractivity contribution in [3.63, 3.8) is 0 Å². The van der Waals surface area contributed by atoms with Crippen LogP contribution in [0.4, 0.5) is 0 Å². The van der Waals surface area contributed by atoms with Crippen LogP contribution < -0.4 is 0 Å². The standard InChI is InChI=1S/C8H17NO2/c1-3-8(2)9(7-11)5-4-6-10/h7-8,10H,3-6H2,1-2H3. The fraction of sp³-hybridized carbons (Fsp3) is 0.875. The molecule has 1 amide bonds. The summed E-state index contributed by atoms with van der Waals surface area (Å²) in [5.74, 6) is 0. The van der Waals surface area contributed by atoms with Gasteiger partial charge in [0, 0.05) is 19.2 Å². The van der Waals surface area contributed by atoms with Crippen LogP contribution in [0.1, 0.15) is 26.7 Å². The highest BCUT2D eigenvalue weighted by Gasteiger charge is 2.07. The molecule has 0 aliphatic rings. The van der Waals surface area contributed by atoms with Crippen molar-refractivity contribution < 1.29 is 9.90 Å². The van der Waals surface area contributed by atoms with E-state index in [2.05, 4.69) is 0 Å². The SMILES string of the molecule is CCC(C)N(C=O)CCCO. The van der Waals surface area contributed by atoms with Crippen molar-refractivity contribution in [2.24, 2.45) is 0 Å². The van der Waals surface area contributed by atoms with Crippen LogP contribution in [0.25, 0.3) is 0 Å². The first-order valence-electron chi connectivity index (χ1n) is 4.08. The largest absolute Gasteiger partial charge is 0.396 e. The zero-order valence-corrected chi connectivity index (χ0v) is 7.29. The predicted molar refractivity (Wildman–Crippen MR) is 44.2 cm³/mol. The van der Waals surface area contributed by atoms with Gasteiger partial charge in [-0.2, -0.15) is 0 Å². The average Bonchev–Trinajstić information content (AvgIpc) is 2.05. The summed E-state index contributed by atoms with van der Waals surface area (Å²) in [6.07, 6.45) is 2.48. The normalized spacial score (nSPS) is 12.6. The number of amides is 1. The van der Waals surface area contributed by atoms with Gasteiger partial charge in [0.25, 0.3) is 0 Å². The first-order valence-corrected chi connectivity index (χ1v) is 4.08. The second-order valence-corrected chi connectivity index (χ2v) is 2.68. The van der Waals surface area contributed by atoms with E-state index in [1.807, 2.05) is 13.8 Å². The average molecular weight is 159 g/mol. The zero-order valence-electron chi connectivity index (χ0n) is 7.29. The molecular weight excluding hydrogens is 142 g/mol. The summed E-state index contributed by atoms with van der Waals surface area (Å²) in [4.78, 5) is 12.2. The maximum absolute atomic E-state index is 10.5. The van der Waals surface area contributed by atoms with Crippen LogP contribution >= 0.6 is 0 Å². The van der Waals surface area contributed by atoms with Gasteiger partial charge in [0.2, 0.25) is 6.41 Å². The van der Waals surface area contributed by atoms with Crippen LogP contribution in [-0.4, -0.2) is 35.6 Å². The predicted octanol–water partition coefficient (Wildman–Crippen LogP) is 0.626. The lowest BCUT2D eigenvalue weighted by atomic mass is 10.2. The summed E-state index contributed by atoms with van der Waals surface area (Å²) in [6, 6.07) is 0.291. The van der Waals surface area contributed by atoms with Gasteiger partial charge >= 0.3 is 0 Å². The Kier molecular flexibility index (Phi) is 5.84. The van der Waals surface area contributed by atoms with E-state index in [0.29, 0.717) is 19.0 Å². The molecule has 0 radical (unpaired) electrons. The van der Waals surface area contributed by atoms with Gasteiger partial charge in [-0.25, -0.2) is 0 Å². The van der Waals surface area contributed by atoms with Gasteiger partial charge < -0.3 is 10.0 Å². The Morgan fingerprint density at radius 1 is 1.64 bits per heavy atom. The summed E-state index contributed by atoms with van der Waals surface area (Å²) in [7, 11) is 0. The highest BCUT2D eigenvalue weighted by atomic mass is 16.3. The third-order valence-corrected chi connectivity index (χ3v) is 1.87. The minimum atomic E-state index is 0.154. The Morgan fingerprint density at radius 3 is 2.64 bits per heavy atom.